The van der Waals surface area contributed by atoms with Gasteiger partial charge in [-0.15, -0.1) is 0 Å². The molecule has 1 atom stereocenters. The normalized spacial score (nSPS) is 13.6. The van der Waals surface area contributed by atoms with Gasteiger partial charge in [0.25, 0.3) is 0 Å². The molecular formula is C13H14F3N3O. The van der Waals surface area contributed by atoms with Crippen LogP contribution in [-0.2, 0) is 4.74 Å². The van der Waals surface area contributed by atoms with Gasteiger partial charge in [0.05, 0.1) is 12.6 Å². The molecule has 20 heavy (non-hydrogen) atoms. The molecule has 0 aliphatic carbocycles. The van der Waals surface area contributed by atoms with Gasteiger partial charge in [0.1, 0.15) is 6.61 Å². The number of nitrogens with two attached hydrogens (primary N) is 1. The standard InChI is InChI=1S/C13H14F3N3O/c14-13(15,16)8-20-7-12(19-17)11-6-18-5-9-3-1-2-4-10(9)11/h1-6,12,19H,7-8,17H2. The minimum absolute atomic E-state index is 0.189. The lowest BCUT2D eigenvalue weighted by molar-refractivity contribution is -0.175. The number of benzene rings is 1. The highest BCUT2D eigenvalue weighted by atomic mass is 19.4. The molecule has 4 nitrogen and oxygen atoms in total. The topological polar surface area (TPSA) is 60.2 Å². The Balaban J connectivity index is 2.17. The van der Waals surface area contributed by atoms with Crippen LogP contribution in [0.1, 0.15) is 11.6 Å². The lowest BCUT2D eigenvalue weighted by atomic mass is 10.0. The smallest absolute Gasteiger partial charge is 0.370 e. The molecule has 2 rings (SSSR count). The predicted octanol–water partition coefficient (Wildman–Crippen LogP) is 2.32. The lowest BCUT2D eigenvalue weighted by Gasteiger charge is -2.18. The third-order valence-corrected chi connectivity index (χ3v) is 2.83. The van der Waals surface area contributed by atoms with Crippen LogP contribution in [-0.4, -0.2) is 24.4 Å². The van der Waals surface area contributed by atoms with Gasteiger partial charge >= 0.3 is 6.18 Å². The minimum atomic E-state index is -4.35. The van der Waals surface area contributed by atoms with E-state index in [1.807, 2.05) is 24.3 Å². The molecule has 0 radical (unpaired) electrons. The van der Waals surface area contributed by atoms with Crippen molar-refractivity contribution < 1.29 is 17.9 Å². The molecule has 0 saturated heterocycles. The first-order valence-electron chi connectivity index (χ1n) is 5.94. The summed E-state index contributed by atoms with van der Waals surface area (Å²) in [5.74, 6) is 5.41. The summed E-state index contributed by atoms with van der Waals surface area (Å²) in [7, 11) is 0. The van der Waals surface area contributed by atoms with Crippen molar-refractivity contribution in [3.63, 3.8) is 0 Å². The predicted molar refractivity (Wildman–Crippen MR) is 68.7 cm³/mol. The van der Waals surface area contributed by atoms with Crippen LogP contribution in [0, 0.1) is 0 Å². The SMILES string of the molecule is NNC(COCC(F)(F)F)c1cncc2ccccc12. The molecule has 0 amide bonds. The molecular weight excluding hydrogens is 271 g/mol. The Bertz CT molecular complexity index is 569. The minimum Gasteiger partial charge on any atom is -0.370 e. The van der Waals surface area contributed by atoms with Crippen LogP contribution in [0.15, 0.2) is 36.7 Å². The van der Waals surface area contributed by atoms with E-state index in [1.54, 1.807) is 12.4 Å². The van der Waals surface area contributed by atoms with E-state index in [-0.39, 0.29) is 6.61 Å². The molecule has 7 heteroatoms. The number of ether oxygens (including phenoxy) is 1. The summed E-state index contributed by atoms with van der Waals surface area (Å²) in [6, 6.07) is 6.88. The van der Waals surface area contributed by atoms with Crippen molar-refractivity contribution in [3.8, 4) is 0 Å². The zero-order chi connectivity index (χ0) is 14.6. The summed E-state index contributed by atoms with van der Waals surface area (Å²) in [5, 5.41) is 1.77. The second-order valence-corrected chi connectivity index (χ2v) is 4.30. The summed E-state index contributed by atoms with van der Waals surface area (Å²) >= 11 is 0. The quantitative estimate of drug-likeness (QED) is 0.654. The number of hydrazine groups is 1. The van der Waals surface area contributed by atoms with E-state index in [0.29, 0.717) is 5.56 Å². The highest BCUT2D eigenvalue weighted by molar-refractivity contribution is 5.85. The molecule has 0 aliphatic rings. The number of nitrogens with zero attached hydrogens (tertiary/aromatic N) is 1. The van der Waals surface area contributed by atoms with Crippen LogP contribution >= 0.6 is 0 Å². The van der Waals surface area contributed by atoms with E-state index < -0.39 is 18.8 Å². The van der Waals surface area contributed by atoms with Gasteiger partial charge < -0.3 is 4.74 Å². The van der Waals surface area contributed by atoms with Gasteiger partial charge in [0.2, 0.25) is 0 Å². The average molecular weight is 285 g/mol. The Hall–Kier alpha value is -1.70. The van der Waals surface area contributed by atoms with Gasteiger partial charge in [-0.25, -0.2) is 0 Å². The molecule has 108 valence electrons. The van der Waals surface area contributed by atoms with Crippen molar-refractivity contribution in [2.75, 3.05) is 13.2 Å². The van der Waals surface area contributed by atoms with Gasteiger partial charge in [-0.3, -0.25) is 16.3 Å². The van der Waals surface area contributed by atoms with Gasteiger partial charge in [0, 0.05) is 17.8 Å². The molecule has 2 aromatic rings. The summed E-state index contributed by atoms with van der Waals surface area (Å²) in [5.41, 5.74) is 3.17. The lowest BCUT2D eigenvalue weighted by Crippen LogP contribution is -2.33. The number of aromatic nitrogens is 1. The zero-order valence-electron chi connectivity index (χ0n) is 10.5. The third kappa shape index (κ3) is 3.66. The van der Waals surface area contributed by atoms with Gasteiger partial charge in [-0.2, -0.15) is 13.2 Å². The van der Waals surface area contributed by atoms with E-state index in [9.17, 15) is 13.2 Å². The summed E-state index contributed by atoms with van der Waals surface area (Å²) in [4.78, 5) is 4.07. The van der Waals surface area contributed by atoms with Crippen molar-refractivity contribution in [2.45, 2.75) is 12.2 Å². The van der Waals surface area contributed by atoms with Gasteiger partial charge in [-0.1, -0.05) is 24.3 Å². The van der Waals surface area contributed by atoms with Crippen LogP contribution in [0.25, 0.3) is 10.8 Å². The molecule has 0 aliphatic heterocycles. The fraction of sp³-hybridized carbons (Fsp3) is 0.308. The van der Waals surface area contributed by atoms with Gasteiger partial charge in [-0.05, 0) is 10.9 Å². The van der Waals surface area contributed by atoms with E-state index >= 15 is 0 Å². The number of halogens is 3. The summed E-state index contributed by atoms with van der Waals surface area (Å²) in [6.07, 6.45) is -1.09. The highest BCUT2D eigenvalue weighted by Gasteiger charge is 2.28. The number of hydrogen-bond acceptors (Lipinski definition) is 4. The largest absolute Gasteiger partial charge is 0.411 e. The van der Waals surface area contributed by atoms with E-state index in [0.717, 1.165) is 10.8 Å². The fourth-order valence-corrected chi connectivity index (χ4v) is 1.94. The number of pyridine rings is 1. The molecule has 0 spiro atoms. The molecule has 1 unspecified atom stereocenters. The number of fused-ring (bicyclic) bond motifs is 1. The Kier molecular flexibility index (Phi) is 4.53. The van der Waals surface area contributed by atoms with Crippen molar-refractivity contribution in [1.82, 2.24) is 10.4 Å². The van der Waals surface area contributed by atoms with Crippen LogP contribution in [0.4, 0.5) is 13.2 Å². The molecule has 0 bridgehead atoms. The Morgan fingerprint density at radius 1 is 1.25 bits per heavy atom. The average Bonchev–Trinajstić information content (AvgIpc) is 2.42. The molecule has 1 aromatic carbocycles. The maximum absolute atomic E-state index is 12.1. The molecule has 0 saturated carbocycles. The maximum Gasteiger partial charge on any atom is 0.411 e. The third-order valence-electron chi connectivity index (χ3n) is 2.83. The summed E-state index contributed by atoms with van der Waals surface area (Å²) in [6.45, 7) is -1.49. The van der Waals surface area contributed by atoms with Crippen molar-refractivity contribution in [2.24, 2.45) is 5.84 Å². The Morgan fingerprint density at radius 2 is 2.00 bits per heavy atom. The Labute approximate surface area is 113 Å². The van der Waals surface area contributed by atoms with Crippen LogP contribution in [0.2, 0.25) is 0 Å². The molecule has 1 heterocycles. The first kappa shape index (κ1) is 14.7. The Morgan fingerprint density at radius 3 is 2.70 bits per heavy atom. The van der Waals surface area contributed by atoms with Crippen LogP contribution in [0.5, 0.6) is 0 Å². The van der Waals surface area contributed by atoms with E-state index in [2.05, 4.69) is 15.1 Å². The highest BCUT2D eigenvalue weighted by Crippen LogP contribution is 2.23. The van der Waals surface area contributed by atoms with Crippen molar-refractivity contribution in [1.29, 1.82) is 0 Å². The molecule has 3 N–H and O–H groups in total. The van der Waals surface area contributed by atoms with Gasteiger partial charge in [0.15, 0.2) is 0 Å². The second-order valence-electron chi connectivity index (χ2n) is 4.30. The molecule has 1 aromatic heterocycles. The first-order chi connectivity index (χ1) is 9.51. The fourth-order valence-electron chi connectivity index (χ4n) is 1.94. The maximum atomic E-state index is 12.1. The van der Waals surface area contributed by atoms with E-state index in [1.165, 1.54) is 0 Å². The number of hydrogen-bond donors (Lipinski definition) is 2. The van der Waals surface area contributed by atoms with Crippen molar-refractivity contribution >= 4 is 10.8 Å². The second kappa shape index (κ2) is 6.17. The van der Waals surface area contributed by atoms with Crippen molar-refractivity contribution in [3.05, 3.63) is 42.2 Å². The summed E-state index contributed by atoms with van der Waals surface area (Å²) < 4.78 is 40.9. The van der Waals surface area contributed by atoms with Crippen LogP contribution < -0.4 is 11.3 Å². The zero-order valence-corrected chi connectivity index (χ0v) is 10.5. The number of rotatable bonds is 5. The molecule has 0 fully saturated rings. The van der Waals surface area contributed by atoms with E-state index in [4.69, 9.17) is 5.84 Å². The monoisotopic (exact) mass is 285 g/mol. The number of alkyl halides is 3. The van der Waals surface area contributed by atoms with Crippen LogP contribution in [0.3, 0.4) is 0 Å². The first-order valence-corrected chi connectivity index (χ1v) is 5.94. The number of nitrogens with one attached hydrogen (secondary N) is 1.